The van der Waals surface area contributed by atoms with Crippen molar-refractivity contribution in [2.75, 3.05) is 0 Å². The highest BCUT2D eigenvalue weighted by Gasteiger charge is 2.33. The van der Waals surface area contributed by atoms with Crippen LogP contribution < -0.4 is 4.74 Å². The molecule has 1 atom stereocenters. The number of phenolic OH excluding ortho intramolecular Hbond substituents is 1. The maximum absolute atomic E-state index is 10.4. The van der Waals surface area contributed by atoms with Crippen molar-refractivity contribution in [3.8, 4) is 11.5 Å². The zero-order valence-corrected chi connectivity index (χ0v) is 22.0. The smallest absolute Gasteiger partial charge is 0.127 e. The van der Waals surface area contributed by atoms with Gasteiger partial charge in [0.1, 0.15) is 17.1 Å². The van der Waals surface area contributed by atoms with Gasteiger partial charge >= 0.3 is 0 Å². The first-order valence-corrected chi connectivity index (χ1v) is 12.6. The lowest BCUT2D eigenvalue weighted by molar-refractivity contribution is 0.0558. The second-order valence-corrected chi connectivity index (χ2v) is 10.2. The van der Waals surface area contributed by atoms with Crippen molar-refractivity contribution in [2.45, 2.75) is 119 Å². The van der Waals surface area contributed by atoms with E-state index < -0.39 is 0 Å². The summed E-state index contributed by atoms with van der Waals surface area (Å²) in [6.45, 7) is 17.3. The van der Waals surface area contributed by atoms with Crippen molar-refractivity contribution < 1.29 is 9.84 Å². The average molecular weight is 439 g/mol. The first-order valence-electron chi connectivity index (χ1n) is 12.6. The van der Waals surface area contributed by atoms with Gasteiger partial charge in [0.05, 0.1) is 0 Å². The molecule has 0 saturated carbocycles. The van der Waals surface area contributed by atoms with Crippen molar-refractivity contribution in [3.05, 3.63) is 57.2 Å². The lowest BCUT2D eigenvalue weighted by Crippen LogP contribution is -2.37. The summed E-state index contributed by atoms with van der Waals surface area (Å²) < 4.78 is 6.57. The molecule has 0 amide bonds. The first-order chi connectivity index (χ1) is 15.1. The molecule has 2 heteroatoms. The van der Waals surface area contributed by atoms with Crippen molar-refractivity contribution in [1.82, 2.24) is 0 Å². The Morgan fingerprint density at radius 2 is 1.44 bits per heavy atom. The molecule has 0 bridgehead atoms. The fourth-order valence-corrected chi connectivity index (χ4v) is 4.54. The van der Waals surface area contributed by atoms with E-state index in [1.54, 1.807) is 0 Å². The second kappa shape index (κ2) is 11.8. The molecule has 0 fully saturated rings. The molecule has 0 aliphatic carbocycles. The van der Waals surface area contributed by atoms with Crippen molar-refractivity contribution in [2.24, 2.45) is 0 Å². The van der Waals surface area contributed by atoms with Crippen molar-refractivity contribution in [3.63, 3.8) is 0 Å². The van der Waals surface area contributed by atoms with Gasteiger partial charge in [-0.3, -0.25) is 0 Å². The van der Waals surface area contributed by atoms with E-state index in [1.165, 1.54) is 28.7 Å². The summed E-state index contributed by atoms with van der Waals surface area (Å²) >= 11 is 0. The Balaban J connectivity index is 1.86. The number of ether oxygens (including phenoxy) is 1. The fourth-order valence-electron chi connectivity index (χ4n) is 4.54. The van der Waals surface area contributed by atoms with E-state index in [9.17, 15) is 5.11 Å². The summed E-state index contributed by atoms with van der Waals surface area (Å²) in [6.07, 6.45) is 17.0. The van der Waals surface area contributed by atoms with E-state index in [0.29, 0.717) is 5.75 Å². The molecule has 1 heterocycles. The van der Waals surface area contributed by atoms with Crippen LogP contribution >= 0.6 is 0 Å². The Morgan fingerprint density at radius 1 is 0.875 bits per heavy atom. The summed E-state index contributed by atoms with van der Waals surface area (Å²) in [4.78, 5) is 0. The summed E-state index contributed by atoms with van der Waals surface area (Å²) in [5, 5.41) is 10.4. The largest absolute Gasteiger partial charge is 0.507 e. The van der Waals surface area contributed by atoms with Crippen molar-refractivity contribution >= 4 is 0 Å². The molecule has 1 aliphatic heterocycles. The lowest BCUT2D eigenvalue weighted by atomic mass is 9.85. The number of aromatic hydroxyl groups is 1. The number of allylic oxidation sites excluding steroid dienone is 6. The van der Waals surface area contributed by atoms with Gasteiger partial charge in [0.25, 0.3) is 0 Å². The predicted molar refractivity (Wildman–Crippen MR) is 139 cm³/mol. The molecule has 1 aromatic rings. The molecule has 0 unspecified atom stereocenters. The SMILES string of the molecule is CC/C(C)=C/CC/C(C)=C/CC/C(C)=C/CC[C@]1(C)CCc2c(C)c(O)c(C)c(C)c2O1. The zero-order chi connectivity index (χ0) is 23.9. The molecule has 0 aromatic heterocycles. The summed E-state index contributed by atoms with van der Waals surface area (Å²) in [7, 11) is 0. The molecule has 0 saturated heterocycles. The van der Waals surface area contributed by atoms with Crippen LogP contribution in [0.5, 0.6) is 11.5 Å². The van der Waals surface area contributed by atoms with E-state index in [0.717, 1.165) is 73.8 Å². The van der Waals surface area contributed by atoms with Crippen LogP contribution in [-0.2, 0) is 6.42 Å². The Hall–Kier alpha value is -1.96. The number of hydrogen-bond donors (Lipinski definition) is 1. The van der Waals surface area contributed by atoms with Gasteiger partial charge in [-0.05, 0) is 123 Å². The quantitative estimate of drug-likeness (QED) is 0.369. The van der Waals surface area contributed by atoms with Gasteiger partial charge in [-0.1, -0.05) is 41.9 Å². The van der Waals surface area contributed by atoms with Crippen LogP contribution in [0, 0.1) is 20.8 Å². The van der Waals surface area contributed by atoms with Crippen LogP contribution in [0.15, 0.2) is 34.9 Å². The summed E-state index contributed by atoms with van der Waals surface area (Å²) in [6, 6.07) is 0. The molecule has 2 rings (SSSR count). The van der Waals surface area contributed by atoms with Gasteiger partial charge in [-0.15, -0.1) is 0 Å². The van der Waals surface area contributed by atoms with Gasteiger partial charge < -0.3 is 9.84 Å². The topological polar surface area (TPSA) is 29.5 Å². The molecule has 1 N–H and O–H groups in total. The average Bonchev–Trinajstić information content (AvgIpc) is 2.75. The minimum atomic E-state index is -0.134. The van der Waals surface area contributed by atoms with Crippen LogP contribution in [-0.4, -0.2) is 10.7 Å². The molecule has 1 aromatic carbocycles. The Bertz CT molecular complexity index is 885. The standard InChI is InChI=1S/C30H46O2/c1-9-21(2)13-10-14-22(3)15-11-16-23(4)17-12-19-30(8)20-18-27-26(7)28(31)24(5)25(6)29(27)32-30/h13,15,17,31H,9-12,14,16,18-20H2,1-8H3/b21-13+,22-15+,23-17+/t30-/m1/s1. The third kappa shape index (κ3) is 7.02. The fraction of sp³-hybridized carbons (Fsp3) is 0.600. The van der Waals surface area contributed by atoms with Gasteiger partial charge in [-0.2, -0.15) is 0 Å². The van der Waals surface area contributed by atoms with Gasteiger partial charge in [0.2, 0.25) is 0 Å². The minimum Gasteiger partial charge on any atom is -0.507 e. The van der Waals surface area contributed by atoms with Crippen LogP contribution in [0.2, 0.25) is 0 Å². The Kier molecular flexibility index (Phi) is 9.67. The van der Waals surface area contributed by atoms with Gasteiger partial charge in [0, 0.05) is 5.56 Å². The molecule has 32 heavy (non-hydrogen) atoms. The van der Waals surface area contributed by atoms with Crippen LogP contribution in [0.1, 0.15) is 108 Å². The summed E-state index contributed by atoms with van der Waals surface area (Å²) in [5.74, 6) is 1.45. The van der Waals surface area contributed by atoms with Crippen LogP contribution in [0.25, 0.3) is 0 Å². The van der Waals surface area contributed by atoms with Crippen molar-refractivity contribution in [1.29, 1.82) is 0 Å². The molecule has 2 nitrogen and oxygen atoms in total. The first kappa shape index (κ1) is 26.3. The number of fused-ring (bicyclic) bond motifs is 1. The number of hydrogen-bond acceptors (Lipinski definition) is 2. The van der Waals surface area contributed by atoms with E-state index >= 15 is 0 Å². The number of phenols is 1. The van der Waals surface area contributed by atoms with E-state index in [4.69, 9.17) is 4.74 Å². The number of benzene rings is 1. The Labute approximate surface area is 197 Å². The van der Waals surface area contributed by atoms with Gasteiger partial charge in [-0.25, -0.2) is 0 Å². The maximum Gasteiger partial charge on any atom is 0.127 e. The monoisotopic (exact) mass is 438 g/mol. The molecular formula is C30H46O2. The lowest BCUT2D eigenvalue weighted by Gasteiger charge is -2.38. The minimum absolute atomic E-state index is 0.134. The third-order valence-electron chi connectivity index (χ3n) is 7.38. The van der Waals surface area contributed by atoms with Crippen LogP contribution in [0.4, 0.5) is 0 Å². The summed E-state index contributed by atoms with van der Waals surface area (Å²) in [5.41, 5.74) is 8.55. The normalized spacial score (nSPS) is 19.7. The highest BCUT2D eigenvalue weighted by atomic mass is 16.5. The predicted octanol–water partition coefficient (Wildman–Crippen LogP) is 8.99. The zero-order valence-electron chi connectivity index (χ0n) is 22.0. The Morgan fingerprint density at radius 3 is 2.03 bits per heavy atom. The maximum atomic E-state index is 10.4. The van der Waals surface area contributed by atoms with Crippen LogP contribution in [0.3, 0.4) is 0 Å². The molecule has 178 valence electrons. The highest BCUT2D eigenvalue weighted by molar-refractivity contribution is 5.58. The molecular weight excluding hydrogens is 392 g/mol. The van der Waals surface area contributed by atoms with E-state index in [1.807, 2.05) is 13.8 Å². The molecule has 0 radical (unpaired) electrons. The number of rotatable bonds is 10. The highest BCUT2D eigenvalue weighted by Crippen LogP contribution is 2.44. The third-order valence-corrected chi connectivity index (χ3v) is 7.38. The van der Waals surface area contributed by atoms with E-state index in [-0.39, 0.29) is 5.60 Å². The molecule has 1 aliphatic rings. The molecule has 0 spiro atoms. The van der Waals surface area contributed by atoms with E-state index in [2.05, 4.69) is 59.8 Å². The van der Waals surface area contributed by atoms with Gasteiger partial charge in [0.15, 0.2) is 0 Å². The second-order valence-electron chi connectivity index (χ2n) is 10.2.